The van der Waals surface area contributed by atoms with E-state index in [4.69, 9.17) is 0 Å². The van der Waals surface area contributed by atoms with Gasteiger partial charge in [0.15, 0.2) is 0 Å². The van der Waals surface area contributed by atoms with Crippen LogP contribution < -0.4 is 5.32 Å². The van der Waals surface area contributed by atoms with Crippen molar-refractivity contribution in [1.82, 2.24) is 15.3 Å². The number of aromatic amines is 1. The molecule has 1 heterocycles. The predicted molar refractivity (Wildman–Crippen MR) is 78.9 cm³/mol. The number of esters is 1. The van der Waals surface area contributed by atoms with Crippen molar-refractivity contribution in [3.8, 4) is 0 Å². The fraction of sp³-hybridized carbons (Fsp3) is 0.400. The van der Waals surface area contributed by atoms with Crippen molar-refractivity contribution in [2.45, 2.75) is 25.7 Å². The van der Waals surface area contributed by atoms with Crippen LogP contribution in [0.25, 0.3) is 11.0 Å². The quantitative estimate of drug-likeness (QED) is 0.603. The number of unbranched alkanes of at least 4 members (excludes halogenated alkanes) is 2. The molecule has 1 aromatic heterocycles. The molecule has 0 aliphatic carbocycles. The SMILES string of the molecule is COC(=O)CCCCCNC(=O)c1ccc2nc[nH]c2c1. The largest absolute Gasteiger partial charge is 0.469 e. The van der Waals surface area contributed by atoms with Crippen LogP contribution in [0, 0.1) is 0 Å². The van der Waals surface area contributed by atoms with E-state index in [0.717, 1.165) is 30.3 Å². The summed E-state index contributed by atoms with van der Waals surface area (Å²) in [7, 11) is 1.39. The number of imidazole rings is 1. The molecule has 0 aliphatic heterocycles. The summed E-state index contributed by atoms with van der Waals surface area (Å²) in [6.45, 7) is 0.598. The van der Waals surface area contributed by atoms with Crippen LogP contribution in [0.2, 0.25) is 0 Å². The monoisotopic (exact) mass is 289 g/mol. The van der Waals surface area contributed by atoms with Gasteiger partial charge in [0.25, 0.3) is 5.91 Å². The maximum Gasteiger partial charge on any atom is 0.305 e. The highest BCUT2D eigenvalue weighted by molar-refractivity contribution is 5.97. The van der Waals surface area contributed by atoms with Crippen molar-refractivity contribution in [2.24, 2.45) is 0 Å². The van der Waals surface area contributed by atoms with E-state index in [1.807, 2.05) is 6.07 Å². The average molecular weight is 289 g/mol. The Kier molecular flexibility index (Phi) is 5.31. The molecule has 0 aliphatic rings. The fourth-order valence-electron chi connectivity index (χ4n) is 2.05. The van der Waals surface area contributed by atoms with Gasteiger partial charge in [-0.3, -0.25) is 9.59 Å². The Hall–Kier alpha value is -2.37. The number of nitrogens with zero attached hydrogens (tertiary/aromatic N) is 1. The van der Waals surface area contributed by atoms with Crippen molar-refractivity contribution >= 4 is 22.9 Å². The van der Waals surface area contributed by atoms with E-state index in [9.17, 15) is 9.59 Å². The average Bonchev–Trinajstić information content (AvgIpc) is 2.97. The Morgan fingerprint density at radius 1 is 1.29 bits per heavy atom. The maximum atomic E-state index is 12.0. The lowest BCUT2D eigenvalue weighted by atomic mass is 10.1. The van der Waals surface area contributed by atoms with E-state index in [2.05, 4.69) is 20.0 Å². The number of H-pyrrole nitrogens is 1. The van der Waals surface area contributed by atoms with Crippen molar-refractivity contribution in [3.05, 3.63) is 30.1 Å². The molecule has 0 saturated heterocycles. The summed E-state index contributed by atoms with van der Waals surface area (Å²) < 4.78 is 4.56. The Labute approximate surface area is 122 Å². The van der Waals surface area contributed by atoms with Crippen LogP contribution in [-0.4, -0.2) is 35.5 Å². The van der Waals surface area contributed by atoms with E-state index < -0.39 is 0 Å². The number of hydrogen-bond donors (Lipinski definition) is 2. The summed E-state index contributed by atoms with van der Waals surface area (Å²) in [4.78, 5) is 30.0. The summed E-state index contributed by atoms with van der Waals surface area (Å²) in [6, 6.07) is 5.36. The number of rotatable bonds is 7. The predicted octanol–water partition coefficient (Wildman–Crippen LogP) is 2.03. The molecule has 0 atom stereocenters. The van der Waals surface area contributed by atoms with Gasteiger partial charge in [-0.2, -0.15) is 0 Å². The minimum absolute atomic E-state index is 0.0977. The standard InChI is InChI=1S/C15H19N3O3/c1-21-14(19)5-3-2-4-8-16-15(20)11-6-7-12-13(9-11)18-10-17-12/h6-7,9-10H,2-5,8H2,1H3,(H,16,20)(H,17,18). The second kappa shape index (κ2) is 7.42. The van der Waals surface area contributed by atoms with Crippen molar-refractivity contribution < 1.29 is 14.3 Å². The molecule has 0 spiro atoms. The second-order valence-corrected chi connectivity index (χ2v) is 4.78. The molecule has 6 nitrogen and oxygen atoms in total. The summed E-state index contributed by atoms with van der Waals surface area (Å²) in [5.74, 6) is -0.286. The van der Waals surface area contributed by atoms with Gasteiger partial charge in [-0.05, 0) is 31.0 Å². The first-order chi connectivity index (χ1) is 10.2. The van der Waals surface area contributed by atoms with Crippen LogP contribution in [-0.2, 0) is 9.53 Å². The first-order valence-electron chi connectivity index (χ1n) is 6.99. The molecule has 0 saturated carbocycles. The Morgan fingerprint density at radius 2 is 2.14 bits per heavy atom. The van der Waals surface area contributed by atoms with Gasteiger partial charge < -0.3 is 15.0 Å². The molecule has 112 valence electrons. The van der Waals surface area contributed by atoms with Crippen molar-refractivity contribution in [2.75, 3.05) is 13.7 Å². The van der Waals surface area contributed by atoms with Gasteiger partial charge in [0.1, 0.15) is 0 Å². The molecule has 0 fully saturated rings. The normalized spacial score (nSPS) is 10.5. The molecule has 2 aromatic rings. The lowest BCUT2D eigenvalue weighted by molar-refractivity contribution is -0.140. The number of hydrogen-bond acceptors (Lipinski definition) is 4. The first-order valence-corrected chi connectivity index (χ1v) is 6.99. The molecular weight excluding hydrogens is 270 g/mol. The number of carbonyl (C=O) groups is 2. The first kappa shape index (κ1) is 15.0. The van der Waals surface area contributed by atoms with Gasteiger partial charge in [-0.1, -0.05) is 6.42 Å². The maximum absolute atomic E-state index is 12.0. The van der Waals surface area contributed by atoms with E-state index in [1.54, 1.807) is 18.5 Å². The topological polar surface area (TPSA) is 84.1 Å². The molecule has 2 N–H and O–H groups in total. The zero-order valence-electron chi connectivity index (χ0n) is 12.0. The Morgan fingerprint density at radius 3 is 2.95 bits per heavy atom. The number of methoxy groups -OCH3 is 1. The van der Waals surface area contributed by atoms with Gasteiger partial charge in [-0.15, -0.1) is 0 Å². The molecule has 0 radical (unpaired) electrons. The minimum Gasteiger partial charge on any atom is -0.469 e. The van der Waals surface area contributed by atoms with Crippen molar-refractivity contribution in [3.63, 3.8) is 0 Å². The molecule has 1 aromatic carbocycles. The van der Waals surface area contributed by atoms with E-state index in [0.29, 0.717) is 18.5 Å². The van der Waals surface area contributed by atoms with Gasteiger partial charge in [0, 0.05) is 18.5 Å². The highest BCUT2D eigenvalue weighted by Gasteiger charge is 2.06. The number of aromatic nitrogens is 2. The number of amides is 1. The molecule has 1 amide bonds. The molecular formula is C15H19N3O3. The van der Waals surface area contributed by atoms with Crippen LogP contribution >= 0.6 is 0 Å². The third kappa shape index (κ3) is 4.30. The van der Waals surface area contributed by atoms with Crippen LogP contribution in [0.5, 0.6) is 0 Å². The summed E-state index contributed by atoms with van der Waals surface area (Å²) in [6.07, 6.45) is 4.54. The van der Waals surface area contributed by atoms with Gasteiger partial charge >= 0.3 is 5.97 Å². The van der Waals surface area contributed by atoms with E-state index >= 15 is 0 Å². The minimum atomic E-state index is -0.188. The number of fused-ring (bicyclic) bond motifs is 1. The fourth-order valence-corrected chi connectivity index (χ4v) is 2.05. The lowest BCUT2D eigenvalue weighted by Gasteiger charge is -2.05. The van der Waals surface area contributed by atoms with Crippen LogP contribution in [0.15, 0.2) is 24.5 Å². The molecule has 21 heavy (non-hydrogen) atoms. The molecule has 0 bridgehead atoms. The highest BCUT2D eigenvalue weighted by Crippen LogP contribution is 2.11. The summed E-state index contributed by atoms with van der Waals surface area (Å²) >= 11 is 0. The molecule has 0 unspecified atom stereocenters. The lowest BCUT2D eigenvalue weighted by Crippen LogP contribution is -2.24. The Bertz CT molecular complexity index is 621. The summed E-state index contributed by atoms with van der Waals surface area (Å²) in [5.41, 5.74) is 2.30. The zero-order chi connectivity index (χ0) is 15.1. The van der Waals surface area contributed by atoms with Crippen LogP contribution in [0.3, 0.4) is 0 Å². The van der Waals surface area contributed by atoms with E-state index in [1.165, 1.54) is 7.11 Å². The summed E-state index contributed by atoms with van der Waals surface area (Å²) in [5, 5.41) is 2.87. The molecule has 6 heteroatoms. The van der Waals surface area contributed by atoms with Crippen LogP contribution in [0.1, 0.15) is 36.0 Å². The highest BCUT2D eigenvalue weighted by atomic mass is 16.5. The van der Waals surface area contributed by atoms with Gasteiger partial charge in [-0.25, -0.2) is 4.98 Å². The van der Waals surface area contributed by atoms with E-state index in [-0.39, 0.29) is 11.9 Å². The van der Waals surface area contributed by atoms with Crippen LogP contribution in [0.4, 0.5) is 0 Å². The van der Waals surface area contributed by atoms with Gasteiger partial charge in [0.2, 0.25) is 0 Å². The smallest absolute Gasteiger partial charge is 0.305 e. The number of carbonyl (C=O) groups excluding carboxylic acids is 2. The molecule has 2 rings (SSSR count). The Balaban J connectivity index is 1.70. The number of benzene rings is 1. The third-order valence-electron chi connectivity index (χ3n) is 3.25. The number of nitrogens with one attached hydrogen (secondary N) is 2. The van der Waals surface area contributed by atoms with Crippen molar-refractivity contribution in [1.29, 1.82) is 0 Å². The van der Waals surface area contributed by atoms with Gasteiger partial charge in [0.05, 0.1) is 24.5 Å². The zero-order valence-corrected chi connectivity index (χ0v) is 12.0. The second-order valence-electron chi connectivity index (χ2n) is 4.78. The number of ether oxygens (including phenoxy) is 1. The third-order valence-corrected chi connectivity index (χ3v) is 3.25.